The average molecular weight is 463 g/mol. The quantitative estimate of drug-likeness (QED) is 0.607. The highest BCUT2D eigenvalue weighted by Crippen LogP contribution is 2.30. The summed E-state index contributed by atoms with van der Waals surface area (Å²) >= 11 is 6.98. The third kappa shape index (κ3) is 4.72. The van der Waals surface area contributed by atoms with Crippen molar-refractivity contribution in [3.05, 3.63) is 74.7 Å². The summed E-state index contributed by atoms with van der Waals surface area (Å²) in [5, 5.41) is 12.2. The molecule has 1 unspecified atom stereocenters. The van der Waals surface area contributed by atoms with E-state index in [9.17, 15) is 18.4 Å². The minimum absolute atomic E-state index is 0.165. The lowest BCUT2D eigenvalue weighted by Gasteiger charge is -2.31. The van der Waals surface area contributed by atoms with Crippen LogP contribution in [0.1, 0.15) is 43.9 Å². The van der Waals surface area contributed by atoms with Gasteiger partial charge in [-0.1, -0.05) is 29.0 Å². The number of anilines is 1. The number of amides is 2. The number of likely N-dealkylation sites (tertiary alicyclic amines) is 1. The normalized spacial score (nSPS) is 16.2. The maximum absolute atomic E-state index is 14.0. The van der Waals surface area contributed by atoms with Gasteiger partial charge >= 0.3 is 0 Å². The number of carbonyl (C=O) groups is 2. The fourth-order valence-corrected chi connectivity index (χ4v) is 4.42. The first kappa shape index (κ1) is 21.3. The van der Waals surface area contributed by atoms with Gasteiger partial charge < -0.3 is 10.2 Å². The first-order valence-electron chi connectivity index (χ1n) is 9.56. The van der Waals surface area contributed by atoms with Crippen molar-refractivity contribution >= 4 is 40.4 Å². The molecule has 0 radical (unpaired) electrons. The van der Waals surface area contributed by atoms with Gasteiger partial charge in [-0.05, 0) is 49.2 Å². The molecular formula is C21H17ClF2N4O2S. The van der Waals surface area contributed by atoms with Crippen molar-refractivity contribution in [1.82, 2.24) is 15.1 Å². The molecule has 3 aromatic rings. The van der Waals surface area contributed by atoms with Crippen molar-refractivity contribution in [1.29, 1.82) is 0 Å². The Morgan fingerprint density at radius 1 is 1.10 bits per heavy atom. The number of carbonyl (C=O) groups excluding carboxylic acids is 2. The van der Waals surface area contributed by atoms with E-state index in [0.717, 1.165) is 29.9 Å². The molecule has 31 heavy (non-hydrogen) atoms. The molecular weight excluding hydrogens is 446 g/mol. The topological polar surface area (TPSA) is 75.2 Å². The molecule has 1 fully saturated rings. The maximum Gasteiger partial charge on any atom is 0.286 e. The number of aromatic nitrogens is 2. The number of hydrogen-bond donors (Lipinski definition) is 1. The van der Waals surface area contributed by atoms with Crippen molar-refractivity contribution in [2.75, 3.05) is 18.4 Å². The van der Waals surface area contributed by atoms with Crippen LogP contribution in [-0.2, 0) is 0 Å². The Labute approximate surface area is 185 Å². The SMILES string of the molecule is O=C(Nc1ccc(Cl)cc1)c1nnc(C2CCCN(C(=O)c3c(F)cccc3F)C2)s1. The van der Waals surface area contributed by atoms with Gasteiger partial charge in [0.05, 0.1) is 0 Å². The molecule has 1 atom stereocenters. The number of hydrogen-bond acceptors (Lipinski definition) is 5. The average Bonchev–Trinajstić information content (AvgIpc) is 3.26. The molecule has 1 N–H and O–H groups in total. The second-order valence-corrected chi connectivity index (χ2v) is 8.54. The largest absolute Gasteiger partial charge is 0.338 e. The molecule has 0 bridgehead atoms. The Morgan fingerprint density at radius 2 is 1.81 bits per heavy atom. The van der Waals surface area contributed by atoms with Crippen LogP contribution < -0.4 is 5.32 Å². The van der Waals surface area contributed by atoms with Gasteiger partial charge in [-0.15, -0.1) is 10.2 Å². The minimum Gasteiger partial charge on any atom is -0.338 e. The van der Waals surface area contributed by atoms with E-state index in [0.29, 0.717) is 28.7 Å². The van der Waals surface area contributed by atoms with Crippen molar-refractivity contribution in [3.8, 4) is 0 Å². The van der Waals surface area contributed by atoms with E-state index in [2.05, 4.69) is 15.5 Å². The summed E-state index contributed by atoms with van der Waals surface area (Å²) in [5.74, 6) is -3.02. The minimum atomic E-state index is -0.885. The highest BCUT2D eigenvalue weighted by Gasteiger charge is 2.31. The second-order valence-electron chi connectivity index (χ2n) is 7.09. The molecule has 6 nitrogen and oxygen atoms in total. The molecule has 2 aromatic carbocycles. The van der Waals surface area contributed by atoms with E-state index in [1.165, 1.54) is 11.0 Å². The number of nitrogens with zero attached hydrogens (tertiary/aromatic N) is 3. The van der Waals surface area contributed by atoms with Crippen LogP contribution in [-0.4, -0.2) is 40.0 Å². The summed E-state index contributed by atoms with van der Waals surface area (Å²) in [5.41, 5.74) is 0.0240. The lowest BCUT2D eigenvalue weighted by Crippen LogP contribution is -2.39. The summed E-state index contributed by atoms with van der Waals surface area (Å²) in [4.78, 5) is 26.6. The molecule has 1 aliphatic heterocycles. The van der Waals surface area contributed by atoms with E-state index in [1.807, 2.05) is 0 Å². The fraction of sp³-hybridized carbons (Fsp3) is 0.238. The predicted octanol–water partition coefficient (Wildman–Crippen LogP) is 4.74. The number of piperidine rings is 1. The van der Waals surface area contributed by atoms with E-state index >= 15 is 0 Å². The van der Waals surface area contributed by atoms with Gasteiger partial charge in [0.2, 0.25) is 5.01 Å². The Morgan fingerprint density at radius 3 is 2.52 bits per heavy atom. The van der Waals surface area contributed by atoms with Gasteiger partial charge in [0.15, 0.2) is 0 Å². The van der Waals surface area contributed by atoms with Gasteiger partial charge in [0.1, 0.15) is 22.2 Å². The van der Waals surface area contributed by atoms with Crippen molar-refractivity contribution in [2.24, 2.45) is 0 Å². The number of halogens is 3. The summed E-state index contributed by atoms with van der Waals surface area (Å²) < 4.78 is 28.0. The summed E-state index contributed by atoms with van der Waals surface area (Å²) in [6.07, 6.45) is 1.38. The molecule has 1 saturated heterocycles. The lowest BCUT2D eigenvalue weighted by molar-refractivity contribution is 0.0696. The number of benzene rings is 2. The predicted molar refractivity (Wildman–Crippen MR) is 114 cm³/mol. The molecule has 2 heterocycles. The van der Waals surface area contributed by atoms with Crippen LogP contribution in [0.2, 0.25) is 5.02 Å². The van der Waals surface area contributed by atoms with E-state index in [1.54, 1.807) is 24.3 Å². The van der Waals surface area contributed by atoms with Gasteiger partial charge in [0, 0.05) is 29.7 Å². The summed E-state index contributed by atoms with van der Waals surface area (Å²) in [6, 6.07) is 10.0. The molecule has 160 valence electrons. The maximum atomic E-state index is 14.0. The van der Waals surface area contributed by atoms with Crippen molar-refractivity contribution in [2.45, 2.75) is 18.8 Å². The summed E-state index contributed by atoms with van der Waals surface area (Å²) in [6.45, 7) is 0.645. The van der Waals surface area contributed by atoms with E-state index in [4.69, 9.17) is 11.6 Å². The first-order chi connectivity index (χ1) is 14.9. The second kappa shape index (κ2) is 9.07. The smallest absolute Gasteiger partial charge is 0.286 e. The highest BCUT2D eigenvalue weighted by atomic mass is 35.5. The van der Waals surface area contributed by atoms with Crippen LogP contribution >= 0.6 is 22.9 Å². The van der Waals surface area contributed by atoms with Crippen molar-refractivity contribution < 1.29 is 18.4 Å². The van der Waals surface area contributed by atoms with Crippen LogP contribution in [0.25, 0.3) is 0 Å². The van der Waals surface area contributed by atoms with Crippen LogP contribution in [0.5, 0.6) is 0 Å². The van der Waals surface area contributed by atoms with Crippen LogP contribution in [0.15, 0.2) is 42.5 Å². The molecule has 1 aliphatic rings. The Hall–Kier alpha value is -2.91. The van der Waals surface area contributed by atoms with Crippen LogP contribution in [0.4, 0.5) is 14.5 Å². The van der Waals surface area contributed by atoms with Gasteiger partial charge in [-0.25, -0.2) is 8.78 Å². The lowest BCUT2D eigenvalue weighted by atomic mass is 9.98. The van der Waals surface area contributed by atoms with Gasteiger partial charge in [-0.2, -0.15) is 0 Å². The van der Waals surface area contributed by atoms with Gasteiger partial charge in [-0.3, -0.25) is 9.59 Å². The molecule has 1 aromatic heterocycles. The molecule has 0 aliphatic carbocycles. The Kier molecular flexibility index (Phi) is 6.24. The zero-order chi connectivity index (χ0) is 22.0. The molecule has 4 rings (SSSR count). The third-order valence-corrected chi connectivity index (χ3v) is 6.31. The van der Waals surface area contributed by atoms with Crippen molar-refractivity contribution in [3.63, 3.8) is 0 Å². The fourth-order valence-electron chi connectivity index (χ4n) is 3.43. The van der Waals surface area contributed by atoms with E-state index < -0.39 is 29.0 Å². The molecule has 10 heteroatoms. The van der Waals surface area contributed by atoms with Crippen LogP contribution in [0, 0.1) is 11.6 Å². The highest BCUT2D eigenvalue weighted by molar-refractivity contribution is 7.13. The summed E-state index contributed by atoms with van der Waals surface area (Å²) in [7, 11) is 0. The van der Waals surface area contributed by atoms with Gasteiger partial charge in [0.25, 0.3) is 11.8 Å². The Balaban J connectivity index is 1.45. The first-order valence-corrected chi connectivity index (χ1v) is 10.8. The number of rotatable bonds is 4. The molecule has 0 saturated carbocycles. The monoisotopic (exact) mass is 462 g/mol. The van der Waals surface area contributed by atoms with Crippen LogP contribution in [0.3, 0.4) is 0 Å². The standard InChI is InChI=1S/C21H17ClF2N4O2S/c22-13-6-8-14(9-7-13)25-18(29)20-27-26-19(31-20)12-3-2-10-28(11-12)21(30)17-15(23)4-1-5-16(17)24/h1,4-9,12H,2-3,10-11H2,(H,25,29). The molecule has 0 spiro atoms. The number of nitrogens with one attached hydrogen (secondary N) is 1. The third-order valence-electron chi connectivity index (χ3n) is 4.97. The Bertz CT molecular complexity index is 1100. The van der Waals surface area contributed by atoms with E-state index in [-0.39, 0.29) is 17.5 Å². The zero-order valence-corrected chi connectivity index (χ0v) is 17.7. The molecule has 2 amide bonds. The zero-order valence-electron chi connectivity index (χ0n) is 16.1.